The summed E-state index contributed by atoms with van der Waals surface area (Å²) in [4.78, 5) is 17.8. The molecule has 2 aromatic heterocycles. The molecule has 25 heavy (non-hydrogen) atoms. The first-order chi connectivity index (χ1) is 12.2. The number of nitrogens with zero attached hydrogens (tertiary/aromatic N) is 1. The highest BCUT2D eigenvalue weighted by atomic mass is 35.5. The molecule has 0 spiro atoms. The molecule has 130 valence electrons. The largest absolute Gasteiger partial charge is 0.355 e. The van der Waals surface area contributed by atoms with Crippen LogP contribution in [-0.2, 0) is 23.4 Å². The summed E-state index contributed by atoms with van der Waals surface area (Å²) in [6.45, 7) is 0.667. The lowest BCUT2D eigenvalue weighted by Gasteiger charge is -2.02. The molecule has 1 amide bonds. The van der Waals surface area contributed by atoms with Crippen molar-refractivity contribution in [2.45, 2.75) is 22.9 Å². The van der Waals surface area contributed by atoms with Crippen LogP contribution in [0.5, 0.6) is 0 Å². The van der Waals surface area contributed by atoms with E-state index < -0.39 is 0 Å². The van der Waals surface area contributed by atoms with Gasteiger partial charge in [0.1, 0.15) is 4.34 Å². The minimum atomic E-state index is 0.0215. The molecule has 3 aromatic rings. The Morgan fingerprint density at radius 3 is 2.96 bits per heavy atom. The third-order valence-corrected chi connectivity index (χ3v) is 6.71. The fourth-order valence-corrected chi connectivity index (χ4v) is 4.92. The zero-order chi connectivity index (χ0) is 17.5. The number of thioether (sulfide) groups is 1. The van der Waals surface area contributed by atoms with E-state index in [4.69, 9.17) is 11.6 Å². The molecule has 0 fully saturated rings. The number of hydrogen-bond donors (Lipinski definition) is 1. The molecule has 0 saturated carbocycles. The van der Waals surface area contributed by atoms with Gasteiger partial charge in [0.15, 0.2) is 0 Å². The monoisotopic (exact) mass is 408 g/mol. The van der Waals surface area contributed by atoms with Crippen molar-refractivity contribution in [2.24, 2.45) is 0 Å². The summed E-state index contributed by atoms with van der Waals surface area (Å²) in [5.74, 6) is 0.841. The number of rotatable bonds is 8. The molecule has 0 aliphatic heterocycles. The first-order valence-electron chi connectivity index (χ1n) is 7.80. The second-order valence-electron chi connectivity index (χ2n) is 5.38. The van der Waals surface area contributed by atoms with Gasteiger partial charge in [0.25, 0.3) is 0 Å². The van der Waals surface area contributed by atoms with Crippen molar-refractivity contribution < 1.29 is 4.79 Å². The van der Waals surface area contributed by atoms with Crippen molar-refractivity contribution in [3.05, 3.63) is 68.3 Å². The zero-order valence-corrected chi connectivity index (χ0v) is 16.6. The van der Waals surface area contributed by atoms with Crippen LogP contribution in [-0.4, -0.2) is 17.4 Å². The molecule has 2 heterocycles. The number of amides is 1. The van der Waals surface area contributed by atoms with Crippen LogP contribution in [0.2, 0.25) is 5.02 Å². The summed E-state index contributed by atoms with van der Waals surface area (Å²) < 4.78 is 0.973. The van der Waals surface area contributed by atoms with Crippen LogP contribution >= 0.6 is 46.0 Å². The Balaban J connectivity index is 1.42. The number of aromatic nitrogens is 1. The van der Waals surface area contributed by atoms with Gasteiger partial charge in [-0.2, -0.15) is 0 Å². The van der Waals surface area contributed by atoms with Crippen LogP contribution in [0.3, 0.4) is 0 Å². The van der Waals surface area contributed by atoms with Gasteiger partial charge < -0.3 is 5.32 Å². The number of thiazole rings is 1. The third kappa shape index (κ3) is 6.15. The molecule has 0 radical (unpaired) electrons. The first-order valence-corrected chi connectivity index (χ1v) is 10.9. The van der Waals surface area contributed by atoms with Gasteiger partial charge >= 0.3 is 0 Å². The summed E-state index contributed by atoms with van der Waals surface area (Å²) in [6.07, 6.45) is 1.21. The fourth-order valence-electron chi connectivity index (χ4n) is 2.21. The van der Waals surface area contributed by atoms with Crippen molar-refractivity contribution >= 4 is 51.9 Å². The maximum Gasteiger partial charge on any atom is 0.226 e. The van der Waals surface area contributed by atoms with Crippen LogP contribution < -0.4 is 5.32 Å². The highest BCUT2D eigenvalue weighted by Gasteiger charge is 2.08. The SMILES string of the molecule is O=C(Cc1csc(SCc2cccc(Cl)c2)n1)NCCc1cccs1. The molecule has 0 bridgehead atoms. The first kappa shape index (κ1) is 18.5. The number of nitrogens with one attached hydrogen (secondary N) is 1. The molecular weight excluding hydrogens is 392 g/mol. The third-order valence-electron chi connectivity index (χ3n) is 3.40. The minimum Gasteiger partial charge on any atom is -0.355 e. The normalized spacial score (nSPS) is 10.8. The van der Waals surface area contributed by atoms with E-state index in [9.17, 15) is 4.79 Å². The average molecular weight is 409 g/mol. The standard InChI is InChI=1S/C18H17ClN2OS3/c19-14-4-1-3-13(9-14)11-24-18-21-15(12-25-18)10-17(22)20-7-6-16-5-2-8-23-16/h1-5,8-9,12H,6-7,10-11H2,(H,20,22). The van der Waals surface area contributed by atoms with Gasteiger partial charge in [-0.05, 0) is 35.6 Å². The topological polar surface area (TPSA) is 42.0 Å². The Labute approximate surface area is 164 Å². The number of thiophene rings is 1. The van der Waals surface area contributed by atoms with E-state index in [0.29, 0.717) is 13.0 Å². The lowest BCUT2D eigenvalue weighted by Crippen LogP contribution is -2.27. The Hall–Kier alpha value is -1.34. The molecule has 0 aliphatic carbocycles. The van der Waals surface area contributed by atoms with E-state index in [1.165, 1.54) is 10.4 Å². The second-order valence-corrected chi connectivity index (χ2v) is 8.93. The molecule has 3 nitrogen and oxygen atoms in total. The summed E-state index contributed by atoms with van der Waals surface area (Å²) in [6, 6.07) is 11.9. The van der Waals surface area contributed by atoms with Crippen LogP contribution in [0.1, 0.15) is 16.1 Å². The van der Waals surface area contributed by atoms with Gasteiger partial charge in [0.2, 0.25) is 5.91 Å². The fraction of sp³-hybridized carbons (Fsp3) is 0.222. The van der Waals surface area contributed by atoms with Gasteiger partial charge in [0, 0.05) is 27.6 Å². The average Bonchev–Trinajstić information content (AvgIpc) is 3.25. The number of carbonyl (C=O) groups excluding carboxylic acids is 1. The maximum atomic E-state index is 12.0. The number of halogens is 1. The quantitative estimate of drug-likeness (QED) is 0.530. The molecule has 0 saturated heterocycles. The number of carbonyl (C=O) groups is 1. The summed E-state index contributed by atoms with van der Waals surface area (Å²) in [7, 11) is 0. The lowest BCUT2D eigenvalue weighted by molar-refractivity contribution is -0.120. The van der Waals surface area contributed by atoms with Crippen LogP contribution in [0.4, 0.5) is 0 Å². The van der Waals surface area contributed by atoms with Crippen molar-refractivity contribution in [2.75, 3.05) is 6.54 Å². The van der Waals surface area contributed by atoms with Crippen LogP contribution in [0.15, 0.2) is 51.5 Å². The molecule has 0 unspecified atom stereocenters. The minimum absolute atomic E-state index is 0.0215. The van der Waals surface area contributed by atoms with Gasteiger partial charge in [-0.25, -0.2) is 4.98 Å². The highest BCUT2D eigenvalue weighted by Crippen LogP contribution is 2.27. The molecule has 3 rings (SSSR count). The number of hydrogen-bond acceptors (Lipinski definition) is 5. The zero-order valence-electron chi connectivity index (χ0n) is 13.4. The second kappa shape index (κ2) is 9.38. The van der Waals surface area contributed by atoms with E-state index in [2.05, 4.69) is 27.8 Å². The maximum absolute atomic E-state index is 12.0. The predicted octanol–water partition coefficient (Wildman–Crippen LogP) is 5.05. The van der Waals surface area contributed by atoms with Crippen molar-refractivity contribution in [3.8, 4) is 0 Å². The van der Waals surface area contributed by atoms with E-state index >= 15 is 0 Å². The van der Waals surface area contributed by atoms with E-state index in [1.807, 2.05) is 29.6 Å². The molecular formula is C18H17ClN2OS3. The molecule has 0 atom stereocenters. The molecule has 1 N–H and O–H groups in total. The smallest absolute Gasteiger partial charge is 0.226 e. The lowest BCUT2D eigenvalue weighted by atomic mass is 10.2. The summed E-state index contributed by atoms with van der Waals surface area (Å²) >= 11 is 11.0. The Morgan fingerprint density at radius 1 is 1.24 bits per heavy atom. The van der Waals surface area contributed by atoms with Gasteiger partial charge in [-0.1, -0.05) is 41.6 Å². The van der Waals surface area contributed by atoms with Crippen molar-refractivity contribution in [3.63, 3.8) is 0 Å². The van der Waals surface area contributed by atoms with Gasteiger partial charge in [0.05, 0.1) is 12.1 Å². The molecule has 0 aliphatic rings. The van der Waals surface area contributed by atoms with E-state index in [-0.39, 0.29) is 5.91 Å². The summed E-state index contributed by atoms with van der Waals surface area (Å²) in [5.41, 5.74) is 1.99. The number of benzene rings is 1. The molecule has 7 heteroatoms. The Kier molecular flexibility index (Phi) is 6.93. The van der Waals surface area contributed by atoms with E-state index in [0.717, 1.165) is 27.2 Å². The Bertz CT molecular complexity index is 817. The Morgan fingerprint density at radius 2 is 2.16 bits per heavy atom. The van der Waals surface area contributed by atoms with Crippen molar-refractivity contribution in [1.82, 2.24) is 10.3 Å². The van der Waals surface area contributed by atoms with Gasteiger partial charge in [-0.15, -0.1) is 22.7 Å². The van der Waals surface area contributed by atoms with Crippen LogP contribution in [0, 0.1) is 0 Å². The van der Waals surface area contributed by atoms with Crippen LogP contribution in [0.25, 0.3) is 0 Å². The van der Waals surface area contributed by atoms with Crippen molar-refractivity contribution in [1.29, 1.82) is 0 Å². The predicted molar refractivity (Wildman–Crippen MR) is 108 cm³/mol. The van der Waals surface area contributed by atoms with Gasteiger partial charge in [-0.3, -0.25) is 4.79 Å². The highest BCUT2D eigenvalue weighted by molar-refractivity contribution is 8.00. The summed E-state index contributed by atoms with van der Waals surface area (Å²) in [5, 5.41) is 7.71. The van der Waals surface area contributed by atoms with E-state index in [1.54, 1.807) is 34.4 Å². The molecule has 1 aromatic carbocycles.